The smallest absolute Gasteiger partial charge is 0.281 e. The van der Waals surface area contributed by atoms with Gasteiger partial charge in [0.25, 0.3) is 10.2 Å². The number of nitrogens with one attached hydrogen (secondary N) is 1. The average Bonchev–Trinajstić information content (AvgIpc) is 2.32. The molecule has 0 amide bonds. The lowest BCUT2D eigenvalue weighted by Gasteiger charge is -2.22. The van der Waals surface area contributed by atoms with E-state index in [0.29, 0.717) is 6.54 Å². The number of nitrogens with zero attached hydrogens (tertiary/aromatic N) is 1. The Kier molecular flexibility index (Phi) is 3.28. The van der Waals surface area contributed by atoms with Crippen LogP contribution in [0.4, 0.5) is 0 Å². The highest BCUT2D eigenvalue weighted by atomic mass is 32.2. The molecule has 0 saturated carbocycles. The van der Waals surface area contributed by atoms with Crippen LogP contribution in [0.2, 0.25) is 0 Å². The zero-order valence-electron chi connectivity index (χ0n) is 8.03. The third-order valence-electron chi connectivity index (χ3n) is 1.94. The molecule has 0 aliphatic carbocycles. The van der Waals surface area contributed by atoms with Gasteiger partial charge in [0.15, 0.2) is 0 Å². The normalized spacial score (nSPS) is 25.7. The van der Waals surface area contributed by atoms with Crippen molar-refractivity contribution in [2.24, 2.45) is 5.73 Å². The molecule has 0 spiro atoms. The maximum Gasteiger partial charge on any atom is 0.281 e. The van der Waals surface area contributed by atoms with Gasteiger partial charge in [0.2, 0.25) is 0 Å². The van der Waals surface area contributed by atoms with Gasteiger partial charge in [-0.2, -0.15) is 17.4 Å². The SMILES string of the molecule is CC(C)NS(=O)(=O)N1CCCC1N. The minimum Gasteiger partial charge on any atom is -0.315 e. The van der Waals surface area contributed by atoms with Crippen molar-refractivity contribution < 1.29 is 8.42 Å². The van der Waals surface area contributed by atoms with E-state index >= 15 is 0 Å². The molecule has 0 bridgehead atoms. The molecule has 1 atom stereocenters. The molecule has 1 heterocycles. The predicted octanol–water partition coefficient (Wildman–Crippen LogP) is -0.390. The number of hydrogen-bond donors (Lipinski definition) is 2. The lowest BCUT2D eigenvalue weighted by atomic mass is 10.3. The van der Waals surface area contributed by atoms with E-state index in [-0.39, 0.29) is 12.2 Å². The highest BCUT2D eigenvalue weighted by Gasteiger charge is 2.31. The average molecular weight is 207 g/mol. The molecule has 3 N–H and O–H groups in total. The monoisotopic (exact) mass is 207 g/mol. The molecule has 1 aliphatic rings. The van der Waals surface area contributed by atoms with Crippen molar-refractivity contribution in [2.45, 2.75) is 38.9 Å². The van der Waals surface area contributed by atoms with E-state index in [2.05, 4.69) is 4.72 Å². The zero-order valence-corrected chi connectivity index (χ0v) is 8.84. The second kappa shape index (κ2) is 3.91. The Morgan fingerprint density at radius 2 is 2.15 bits per heavy atom. The third kappa shape index (κ3) is 2.63. The molecule has 0 radical (unpaired) electrons. The molecule has 1 aliphatic heterocycles. The van der Waals surface area contributed by atoms with Gasteiger partial charge in [-0.15, -0.1) is 0 Å². The van der Waals surface area contributed by atoms with Crippen LogP contribution in [0.3, 0.4) is 0 Å². The van der Waals surface area contributed by atoms with E-state index in [0.717, 1.165) is 12.8 Å². The number of rotatable bonds is 3. The van der Waals surface area contributed by atoms with Crippen LogP contribution >= 0.6 is 0 Å². The van der Waals surface area contributed by atoms with Gasteiger partial charge in [0.05, 0.1) is 6.17 Å². The van der Waals surface area contributed by atoms with E-state index in [1.54, 1.807) is 13.8 Å². The Morgan fingerprint density at radius 1 is 1.54 bits per heavy atom. The molecule has 1 rings (SSSR count). The summed E-state index contributed by atoms with van der Waals surface area (Å²) in [6.45, 7) is 4.11. The van der Waals surface area contributed by atoms with Gasteiger partial charge in [-0.05, 0) is 26.7 Å². The maximum atomic E-state index is 11.6. The molecular formula is C7H17N3O2S. The molecular weight excluding hydrogens is 190 g/mol. The van der Waals surface area contributed by atoms with Crippen molar-refractivity contribution in [2.75, 3.05) is 6.54 Å². The van der Waals surface area contributed by atoms with E-state index in [4.69, 9.17) is 5.73 Å². The minimum absolute atomic E-state index is 0.0854. The topological polar surface area (TPSA) is 75.4 Å². The summed E-state index contributed by atoms with van der Waals surface area (Å²) in [5, 5.41) is 0. The summed E-state index contributed by atoms with van der Waals surface area (Å²) >= 11 is 0. The maximum absolute atomic E-state index is 11.6. The quantitative estimate of drug-likeness (QED) is 0.662. The summed E-state index contributed by atoms with van der Waals surface area (Å²) in [4.78, 5) is 0. The van der Waals surface area contributed by atoms with Gasteiger partial charge in [-0.25, -0.2) is 0 Å². The van der Waals surface area contributed by atoms with E-state index in [9.17, 15) is 8.42 Å². The molecule has 1 unspecified atom stereocenters. The van der Waals surface area contributed by atoms with E-state index in [1.807, 2.05) is 0 Å². The first kappa shape index (κ1) is 10.9. The first-order chi connectivity index (χ1) is 5.93. The molecule has 0 aromatic carbocycles. The largest absolute Gasteiger partial charge is 0.315 e. The van der Waals surface area contributed by atoms with E-state index < -0.39 is 10.2 Å². The summed E-state index contributed by atoms with van der Waals surface area (Å²) in [6.07, 6.45) is 1.25. The Labute approximate surface area is 79.5 Å². The van der Waals surface area contributed by atoms with Crippen LogP contribution in [-0.4, -0.2) is 31.5 Å². The van der Waals surface area contributed by atoms with Crippen molar-refractivity contribution in [1.29, 1.82) is 0 Å². The van der Waals surface area contributed by atoms with Crippen molar-refractivity contribution in [3.63, 3.8) is 0 Å². The fourth-order valence-electron chi connectivity index (χ4n) is 1.43. The molecule has 13 heavy (non-hydrogen) atoms. The van der Waals surface area contributed by atoms with Gasteiger partial charge in [0.1, 0.15) is 0 Å². The second-order valence-corrected chi connectivity index (χ2v) is 5.25. The van der Waals surface area contributed by atoms with Crippen LogP contribution in [0.1, 0.15) is 26.7 Å². The predicted molar refractivity (Wildman–Crippen MR) is 51.1 cm³/mol. The third-order valence-corrected chi connectivity index (χ3v) is 3.78. The molecule has 1 fully saturated rings. The molecule has 1 saturated heterocycles. The molecule has 0 aromatic heterocycles. The van der Waals surface area contributed by atoms with Gasteiger partial charge in [0, 0.05) is 12.6 Å². The van der Waals surface area contributed by atoms with Crippen LogP contribution in [0, 0.1) is 0 Å². The number of hydrogen-bond acceptors (Lipinski definition) is 3. The Bertz CT molecular complexity index is 263. The highest BCUT2D eigenvalue weighted by Crippen LogP contribution is 2.16. The van der Waals surface area contributed by atoms with Gasteiger partial charge in [-0.3, -0.25) is 0 Å². The molecule has 0 aromatic rings. The van der Waals surface area contributed by atoms with Crippen LogP contribution in [-0.2, 0) is 10.2 Å². The Morgan fingerprint density at radius 3 is 2.54 bits per heavy atom. The lowest BCUT2D eigenvalue weighted by molar-refractivity contribution is 0.385. The Balaban J connectivity index is 2.69. The molecule has 6 heteroatoms. The summed E-state index contributed by atoms with van der Waals surface area (Å²) in [5.41, 5.74) is 5.65. The zero-order chi connectivity index (χ0) is 10.1. The van der Waals surface area contributed by atoms with Crippen molar-refractivity contribution in [1.82, 2.24) is 9.03 Å². The second-order valence-electron chi connectivity index (χ2n) is 3.60. The fourth-order valence-corrected chi connectivity index (χ4v) is 2.99. The lowest BCUT2D eigenvalue weighted by Crippen LogP contribution is -2.48. The summed E-state index contributed by atoms with van der Waals surface area (Å²) in [5.74, 6) is 0. The van der Waals surface area contributed by atoms with Gasteiger partial charge < -0.3 is 5.73 Å². The molecule has 78 valence electrons. The number of nitrogens with two attached hydrogens (primary N) is 1. The fraction of sp³-hybridized carbons (Fsp3) is 1.00. The Hall–Kier alpha value is -0.170. The molecule has 5 nitrogen and oxygen atoms in total. The van der Waals surface area contributed by atoms with E-state index in [1.165, 1.54) is 4.31 Å². The summed E-state index contributed by atoms with van der Waals surface area (Å²) < 4.78 is 27.0. The van der Waals surface area contributed by atoms with Crippen molar-refractivity contribution in [3.05, 3.63) is 0 Å². The van der Waals surface area contributed by atoms with Gasteiger partial charge >= 0.3 is 0 Å². The minimum atomic E-state index is -3.35. The first-order valence-corrected chi connectivity index (χ1v) is 5.92. The van der Waals surface area contributed by atoms with Crippen LogP contribution in [0.5, 0.6) is 0 Å². The van der Waals surface area contributed by atoms with Crippen LogP contribution in [0.15, 0.2) is 0 Å². The van der Waals surface area contributed by atoms with Crippen molar-refractivity contribution >= 4 is 10.2 Å². The standard InChI is InChI=1S/C7H17N3O2S/c1-6(2)9-13(11,12)10-5-3-4-7(10)8/h6-7,9H,3-5,8H2,1-2H3. The van der Waals surface area contributed by atoms with Gasteiger partial charge in [-0.1, -0.05) is 0 Å². The summed E-state index contributed by atoms with van der Waals surface area (Å²) in [7, 11) is -3.35. The highest BCUT2D eigenvalue weighted by molar-refractivity contribution is 7.87. The first-order valence-electron chi connectivity index (χ1n) is 4.48. The van der Waals surface area contributed by atoms with Crippen molar-refractivity contribution in [3.8, 4) is 0 Å². The van der Waals surface area contributed by atoms with Crippen LogP contribution < -0.4 is 10.5 Å². The summed E-state index contributed by atoms with van der Waals surface area (Å²) in [6, 6.07) is -0.0854. The van der Waals surface area contributed by atoms with Crippen LogP contribution in [0.25, 0.3) is 0 Å².